The molecule has 3 aliphatic heterocycles. The van der Waals surface area contributed by atoms with Gasteiger partial charge in [0.2, 0.25) is 0 Å². The molecule has 2 bridgehead atoms. The van der Waals surface area contributed by atoms with E-state index < -0.39 is 0 Å². The second-order valence-electron chi connectivity index (χ2n) is 9.57. The lowest BCUT2D eigenvalue weighted by molar-refractivity contribution is -0.0850. The van der Waals surface area contributed by atoms with Gasteiger partial charge in [-0.05, 0) is 54.7 Å². The van der Waals surface area contributed by atoms with E-state index in [1.165, 1.54) is 24.8 Å². The van der Waals surface area contributed by atoms with Crippen LogP contribution in [0.4, 0.5) is 0 Å². The molecule has 168 valence electrons. The van der Waals surface area contributed by atoms with E-state index in [2.05, 4.69) is 39.9 Å². The van der Waals surface area contributed by atoms with Crippen LogP contribution in [-0.2, 0) is 0 Å². The van der Waals surface area contributed by atoms with Crippen molar-refractivity contribution < 1.29 is 9.90 Å². The third-order valence-corrected chi connectivity index (χ3v) is 7.38. The van der Waals surface area contributed by atoms with Gasteiger partial charge >= 0.3 is 0 Å². The summed E-state index contributed by atoms with van der Waals surface area (Å²) in [7, 11) is 0. The van der Waals surface area contributed by atoms with Gasteiger partial charge in [-0.1, -0.05) is 43.2 Å². The summed E-state index contributed by atoms with van der Waals surface area (Å²) in [4.78, 5) is 17.8. The van der Waals surface area contributed by atoms with Gasteiger partial charge in [0.1, 0.15) is 5.75 Å². The molecule has 1 saturated carbocycles. The van der Waals surface area contributed by atoms with Crippen LogP contribution in [0.5, 0.6) is 5.75 Å². The number of piperidine rings is 1. The molecule has 1 amide bonds. The van der Waals surface area contributed by atoms with Crippen molar-refractivity contribution >= 4 is 5.91 Å². The quantitative estimate of drug-likeness (QED) is 0.648. The van der Waals surface area contributed by atoms with Crippen LogP contribution in [0.25, 0.3) is 0 Å². The average Bonchev–Trinajstić information content (AvgIpc) is 3.31. The first-order valence-electron chi connectivity index (χ1n) is 11.9. The zero-order valence-corrected chi connectivity index (χ0v) is 18.6. The minimum atomic E-state index is 0.0262. The Morgan fingerprint density at radius 3 is 2.47 bits per heavy atom. The standard InChI is InChI=1S/C27H33N3O2/c1-2-14-29-17-23-16-24(18-29)30(23)26(21-6-5-9-25(31)15-21)19-10-12-20(13-11-19)27(32)28-22-7-3-4-8-22/h2,5-6,9-13,15,22-24,26,31H,1,3-4,7-8,14,16-18H2,(H,28,32). The van der Waals surface area contributed by atoms with E-state index in [9.17, 15) is 9.90 Å². The molecule has 2 aromatic rings. The summed E-state index contributed by atoms with van der Waals surface area (Å²) >= 11 is 0. The molecule has 1 aliphatic carbocycles. The second kappa shape index (κ2) is 9.08. The molecule has 4 aliphatic rings. The number of benzene rings is 2. The summed E-state index contributed by atoms with van der Waals surface area (Å²) in [6.45, 7) is 6.91. The Labute approximate surface area is 190 Å². The van der Waals surface area contributed by atoms with Crippen LogP contribution in [0.3, 0.4) is 0 Å². The van der Waals surface area contributed by atoms with Crippen LogP contribution < -0.4 is 5.32 Å². The molecule has 3 atom stereocenters. The highest BCUT2D eigenvalue weighted by Gasteiger charge is 2.48. The van der Waals surface area contributed by atoms with E-state index in [0.29, 0.717) is 23.9 Å². The number of nitrogens with one attached hydrogen (secondary N) is 1. The molecular formula is C27H33N3O2. The normalized spacial score (nSPS) is 24.6. The zero-order chi connectivity index (χ0) is 22.1. The Kier molecular flexibility index (Phi) is 6.03. The lowest BCUT2D eigenvalue weighted by Gasteiger charge is -2.59. The van der Waals surface area contributed by atoms with Crippen LogP contribution in [0.1, 0.15) is 59.6 Å². The lowest BCUT2D eigenvalue weighted by Crippen LogP contribution is -2.69. The number of phenols is 1. The van der Waals surface area contributed by atoms with Gasteiger partial charge < -0.3 is 10.4 Å². The first-order valence-corrected chi connectivity index (χ1v) is 11.9. The van der Waals surface area contributed by atoms with Crippen LogP contribution in [0.15, 0.2) is 61.2 Å². The fourth-order valence-corrected chi connectivity index (χ4v) is 5.87. The van der Waals surface area contributed by atoms with Crippen molar-refractivity contribution in [2.75, 3.05) is 19.6 Å². The third-order valence-electron chi connectivity index (χ3n) is 7.38. The molecule has 0 radical (unpaired) electrons. The minimum Gasteiger partial charge on any atom is -0.508 e. The Morgan fingerprint density at radius 1 is 1.09 bits per heavy atom. The summed E-state index contributed by atoms with van der Waals surface area (Å²) < 4.78 is 0. The molecule has 5 nitrogen and oxygen atoms in total. The number of nitrogens with zero attached hydrogens (tertiary/aromatic N) is 2. The molecule has 2 aromatic carbocycles. The maximum Gasteiger partial charge on any atom is 0.251 e. The van der Waals surface area contributed by atoms with Crippen LogP contribution in [0.2, 0.25) is 0 Å². The Balaban J connectivity index is 1.39. The highest BCUT2D eigenvalue weighted by molar-refractivity contribution is 5.94. The predicted octanol–water partition coefficient (Wildman–Crippen LogP) is 4.10. The van der Waals surface area contributed by atoms with Crippen LogP contribution in [-0.4, -0.2) is 58.6 Å². The van der Waals surface area contributed by atoms with Gasteiger partial charge in [-0.25, -0.2) is 0 Å². The monoisotopic (exact) mass is 431 g/mol. The smallest absolute Gasteiger partial charge is 0.251 e. The van der Waals surface area contributed by atoms with Crippen LogP contribution >= 0.6 is 0 Å². The SMILES string of the molecule is C=CCN1CC2CC(C1)N2C(c1ccc(C(=O)NC2CCCC2)cc1)c1cccc(O)c1. The van der Waals surface area contributed by atoms with Crippen LogP contribution in [0, 0.1) is 0 Å². The first-order chi connectivity index (χ1) is 15.6. The summed E-state index contributed by atoms with van der Waals surface area (Å²) in [5.74, 6) is 0.317. The second-order valence-corrected chi connectivity index (χ2v) is 9.57. The number of rotatable bonds is 7. The first kappa shape index (κ1) is 21.2. The fourth-order valence-electron chi connectivity index (χ4n) is 5.87. The number of fused-ring (bicyclic) bond motifs is 2. The molecular weight excluding hydrogens is 398 g/mol. The summed E-state index contributed by atoms with van der Waals surface area (Å²) in [6.07, 6.45) is 7.78. The highest BCUT2D eigenvalue weighted by atomic mass is 16.3. The molecule has 0 spiro atoms. The Hall–Kier alpha value is -2.63. The molecule has 3 unspecified atom stereocenters. The van der Waals surface area contributed by atoms with Crippen molar-refractivity contribution in [1.82, 2.24) is 15.1 Å². The van der Waals surface area contributed by atoms with Crippen molar-refractivity contribution in [1.29, 1.82) is 0 Å². The molecule has 6 rings (SSSR count). The fraction of sp³-hybridized carbons (Fsp3) is 0.444. The number of hydrogen-bond acceptors (Lipinski definition) is 4. The highest BCUT2D eigenvalue weighted by Crippen LogP contribution is 2.43. The van der Waals surface area contributed by atoms with E-state index in [1.807, 2.05) is 30.3 Å². The number of amides is 1. The van der Waals surface area contributed by atoms with Gasteiger partial charge in [-0.2, -0.15) is 0 Å². The van der Waals surface area contributed by atoms with E-state index in [-0.39, 0.29) is 11.9 Å². The van der Waals surface area contributed by atoms with Gasteiger partial charge in [0.05, 0.1) is 6.04 Å². The predicted molar refractivity (Wildman–Crippen MR) is 127 cm³/mol. The van der Waals surface area contributed by atoms with Gasteiger partial charge in [-0.15, -0.1) is 6.58 Å². The number of hydrogen-bond donors (Lipinski definition) is 2. The van der Waals surface area contributed by atoms with Gasteiger partial charge in [0.25, 0.3) is 5.91 Å². The Morgan fingerprint density at radius 2 is 1.81 bits per heavy atom. The molecule has 3 saturated heterocycles. The van der Waals surface area contributed by atoms with E-state index >= 15 is 0 Å². The van der Waals surface area contributed by atoms with Gasteiger partial charge in [0, 0.05) is 43.3 Å². The molecule has 3 heterocycles. The molecule has 5 heteroatoms. The average molecular weight is 432 g/mol. The summed E-state index contributed by atoms with van der Waals surface area (Å²) in [6, 6.07) is 17.1. The molecule has 2 N–H and O–H groups in total. The molecule has 32 heavy (non-hydrogen) atoms. The van der Waals surface area contributed by atoms with Crippen molar-refractivity contribution in [3.8, 4) is 5.75 Å². The van der Waals surface area contributed by atoms with Gasteiger partial charge in [0.15, 0.2) is 0 Å². The van der Waals surface area contributed by atoms with Crippen molar-refractivity contribution in [2.45, 2.75) is 56.3 Å². The zero-order valence-electron chi connectivity index (χ0n) is 18.6. The number of piperazine rings is 1. The van der Waals surface area contributed by atoms with E-state index in [1.54, 1.807) is 6.07 Å². The summed E-state index contributed by atoms with van der Waals surface area (Å²) in [5, 5.41) is 13.3. The topological polar surface area (TPSA) is 55.8 Å². The Bertz CT molecular complexity index is 955. The van der Waals surface area contributed by atoms with Crippen molar-refractivity contribution in [2.24, 2.45) is 0 Å². The third kappa shape index (κ3) is 4.19. The lowest BCUT2D eigenvalue weighted by atomic mass is 9.81. The summed E-state index contributed by atoms with van der Waals surface area (Å²) in [5.41, 5.74) is 2.98. The van der Waals surface area contributed by atoms with E-state index in [4.69, 9.17) is 0 Å². The number of aromatic hydroxyl groups is 1. The molecule has 4 fully saturated rings. The molecule has 0 aromatic heterocycles. The minimum absolute atomic E-state index is 0.0262. The van der Waals surface area contributed by atoms with Crippen molar-refractivity contribution in [3.05, 3.63) is 77.9 Å². The van der Waals surface area contributed by atoms with E-state index in [0.717, 1.165) is 43.6 Å². The number of carbonyl (C=O) groups excluding carboxylic acids is 1. The number of carbonyl (C=O) groups is 1. The van der Waals surface area contributed by atoms with Gasteiger partial charge in [-0.3, -0.25) is 14.6 Å². The largest absolute Gasteiger partial charge is 0.508 e. The maximum atomic E-state index is 12.7. The maximum absolute atomic E-state index is 12.7. The van der Waals surface area contributed by atoms with Crippen molar-refractivity contribution in [3.63, 3.8) is 0 Å². The number of phenolic OH excluding ortho intramolecular Hbond substituents is 1.